The molecule has 2 aromatic rings. The molecule has 0 spiro atoms. The number of nitrogens with zero attached hydrogens (tertiary/aromatic N) is 2. The molecule has 0 radical (unpaired) electrons. The van der Waals surface area contributed by atoms with Crippen molar-refractivity contribution in [1.29, 1.82) is 0 Å². The number of aryl methyl sites for hydroxylation is 2. The summed E-state index contributed by atoms with van der Waals surface area (Å²) < 4.78 is 37.7. The van der Waals surface area contributed by atoms with Gasteiger partial charge in [0.1, 0.15) is 4.90 Å². The summed E-state index contributed by atoms with van der Waals surface area (Å²) in [5.41, 5.74) is 1.46. The number of aromatic amines is 1. The van der Waals surface area contributed by atoms with Gasteiger partial charge in [-0.2, -0.15) is 9.40 Å². The van der Waals surface area contributed by atoms with Crippen LogP contribution in [0.25, 0.3) is 0 Å². The molecule has 0 saturated carbocycles. The van der Waals surface area contributed by atoms with Gasteiger partial charge >= 0.3 is 0 Å². The number of H-pyrrole nitrogens is 1. The van der Waals surface area contributed by atoms with Crippen LogP contribution in [0.3, 0.4) is 0 Å². The van der Waals surface area contributed by atoms with Crippen molar-refractivity contribution in [2.45, 2.75) is 37.6 Å². The predicted molar refractivity (Wildman–Crippen MR) is 107 cm³/mol. The molecule has 1 aliphatic heterocycles. The maximum Gasteiger partial charge on any atom is 0.251 e. The summed E-state index contributed by atoms with van der Waals surface area (Å²) in [5.74, 6) is 0.799. The third-order valence-corrected chi connectivity index (χ3v) is 7.26. The minimum atomic E-state index is -3.60. The van der Waals surface area contributed by atoms with E-state index in [2.05, 4.69) is 15.5 Å². The Bertz CT molecular complexity index is 975. The fourth-order valence-electron chi connectivity index (χ4n) is 3.54. The first-order chi connectivity index (χ1) is 13.8. The molecule has 1 fully saturated rings. The number of hydrogen-bond acceptors (Lipinski definition) is 6. The summed E-state index contributed by atoms with van der Waals surface area (Å²) in [7, 11) is -0.558. The first kappa shape index (κ1) is 21.1. The van der Waals surface area contributed by atoms with Crippen molar-refractivity contribution in [3.05, 3.63) is 35.2 Å². The number of nitrogens with one attached hydrogen (secondary N) is 2. The highest BCUT2D eigenvalue weighted by molar-refractivity contribution is 7.89. The number of amides is 1. The minimum absolute atomic E-state index is 0.103. The maximum absolute atomic E-state index is 12.9. The van der Waals surface area contributed by atoms with Gasteiger partial charge in [0.05, 0.1) is 25.6 Å². The van der Waals surface area contributed by atoms with Crippen LogP contribution in [0.4, 0.5) is 0 Å². The molecule has 1 saturated heterocycles. The number of piperidine rings is 1. The molecule has 1 aromatic heterocycles. The van der Waals surface area contributed by atoms with E-state index in [1.807, 2.05) is 0 Å². The zero-order valence-corrected chi connectivity index (χ0v) is 17.8. The van der Waals surface area contributed by atoms with Gasteiger partial charge in [0.2, 0.25) is 10.0 Å². The Kier molecular flexibility index (Phi) is 6.13. The lowest BCUT2D eigenvalue weighted by atomic mass is 10.1. The van der Waals surface area contributed by atoms with Crippen LogP contribution in [0.5, 0.6) is 11.5 Å². The van der Waals surface area contributed by atoms with Crippen LogP contribution in [0.15, 0.2) is 23.1 Å². The van der Waals surface area contributed by atoms with Crippen molar-refractivity contribution >= 4 is 15.9 Å². The number of carbonyl (C=O) groups is 1. The number of methoxy groups -OCH3 is 2. The molecule has 1 aromatic carbocycles. The Morgan fingerprint density at radius 1 is 1.17 bits per heavy atom. The zero-order chi connectivity index (χ0) is 21.2. The number of sulfonamides is 1. The Balaban J connectivity index is 1.63. The van der Waals surface area contributed by atoms with Crippen molar-refractivity contribution in [3.8, 4) is 11.5 Å². The molecule has 1 amide bonds. The fraction of sp³-hybridized carbons (Fsp3) is 0.474. The number of benzene rings is 1. The van der Waals surface area contributed by atoms with Gasteiger partial charge in [-0.05, 0) is 44.9 Å². The summed E-state index contributed by atoms with van der Waals surface area (Å²) in [6.07, 6.45) is 1.07. The number of aromatic nitrogens is 2. The lowest BCUT2D eigenvalue weighted by molar-refractivity contribution is 0.0923. The molecule has 2 heterocycles. The Morgan fingerprint density at radius 2 is 1.83 bits per heavy atom. The van der Waals surface area contributed by atoms with E-state index in [1.165, 1.54) is 18.5 Å². The van der Waals surface area contributed by atoms with Gasteiger partial charge in [-0.1, -0.05) is 0 Å². The van der Waals surface area contributed by atoms with Crippen molar-refractivity contribution in [1.82, 2.24) is 19.8 Å². The summed E-state index contributed by atoms with van der Waals surface area (Å²) >= 11 is 0. The second-order valence-electron chi connectivity index (χ2n) is 6.98. The average molecular weight is 423 g/mol. The average Bonchev–Trinajstić information content (AvgIpc) is 3.06. The summed E-state index contributed by atoms with van der Waals surface area (Å²) in [6, 6.07) is 4.87. The van der Waals surface area contributed by atoms with Gasteiger partial charge in [0.15, 0.2) is 11.5 Å². The molecule has 0 atom stereocenters. The SMILES string of the molecule is COc1ccc(C(=O)NC2CCN(S(=O)(=O)c3c(C)n[nH]c3C)CC2)cc1OC. The van der Waals surface area contributed by atoms with Gasteiger partial charge in [-0.3, -0.25) is 9.89 Å². The van der Waals surface area contributed by atoms with Gasteiger partial charge in [-0.25, -0.2) is 8.42 Å². The van der Waals surface area contributed by atoms with Gasteiger partial charge in [0.25, 0.3) is 5.91 Å². The van der Waals surface area contributed by atoms with Crippen molar-refractivity contribution in [2.75, 3.05) is 27.3 Å². The Morgan fingerprint density at radius 3 is 2.38 bits per heavy atom. The molecule has 0 unspecified atom stereocenters. The quantitative estimate of drug-likeness (QED) is 0.731. The molecule has 9 nitrogen and oxygen atoms in total. The van der Waals surface area contributed by atoms with Crippen LogP contribution in [0.1, 0.15) is 34.6 Å². The largest absolute Gasteiger partial charge is 0.493 e. The summed E-state index contributed by atoms with van der Waals surface area (Å²) in [4.78, 5) is 12.8. The molecule has 0 bridgehead atoms. The third-order valence-electron chi connectivity index (χ3n) is 5.09. The molecule has 3 rings (SSSR count). The number of ether oxygens (including phenoxy) is 2. The minimum Gasteiger partial charge on any atom is -0.493 e. The summed E-state index contributed by atoms with van der Waals surface area (Å²) in [6.45, 7) is 4.04. The predicted octanol–water partition coefficient (Wildman–Crippen LogP) is 1.63. The van der Waals surface area contributed by atoms with E-state index in [0.29, 0.717) is 54.4 Å². The lowest BCUT2D eigenvalue weighted by Crippen LogP contribution is -2.46. The van der Waals surface area contributed by atoms with Gasteiger partial charge in [-0.15, -0.1) is 0 Å². The van der Waals surface area contributed by atoms with E-state index in [9.17, 15) is 13.2 Å². The van der Waals surface area contributed by atoms with Crippen LogP contribution in [0, 0.1) is 13.8 Å². The smallest absolute Gasteiger partial charge is 0.251 e. The highest BCUT2D eigenvalue weighted by Crippen LogP contribution is 2.28. The Hall–Kier alpha value is -2.59. The number of hydrogen-bond donors (Lipinski definition) is 2. The van der Waals surface area contributed by atoms with E-state index in [4.69, 9.17) is 9.47 Å². The molecule has 158 valence electrons. The number of carbonyl (C=O) groups excluding carboxylic acids is 1. The normalized spacial score (nSPS) is 15.9. The van der Waals surface area contributed by atoms with Gasteiger partial charge < -0.3 is 14.8 Å². The van der Waals surface area contributed by atoms with Crippen LogP contribution in [0.2, 0.25) is 0 Å². The molecule has 10 heteroatoms. The number of rotatable bonds is 6. The van der Waals surface area contributed by atoms with E-state index >= 15 is 0 Å². The second kappa shape index (κ2) is 8.42. The third kappa shape index (κ3) is 4.23. The van der Waals surface area contributed by atoms with Crippen molar-refractivity contribution < 1.29 is 22.7 Å². The van der Waals surface area contributed by atoms with Gasteiger partial charge in [0, 0.05) is 24.7 Å². The highest BCUT2D eigenvalue weighted by Gasteiger charge is 2.33. The van der Waals surface area contributed by atoms with Crippen molar-refractivity contribution in [2.24, 2.45) is 0 Å². The van der Waals surface area contributed by atoms with Crippen LogP contribution >= 0.6 is 0 Å². The molecule has 2 N–H and O–H groups in total. The molecular weight excluding hydrogens is 396 g/mol. The first-order valence-corrected chi connectivity index (χ1v) is 10.8. The van der Waals surface area contributed by atoms with E-state index in [-0.39, 0.29) is 16.8 Å². The second-order valence-corrected chi connectivity index (χ2v) is 8.86. The first-order valence-electron chi connectivity index (χ1n) is 9.32. The molecule has 0 aliphatic carbocycles. The van der Waals surface area contributed by atoms with Crippen molar-refractivity contribution in [3.63, 3.8) is 0 Å². The molecule has 29 heavy (non-hydrogen) atoms. The topological polar surface area (TPSA) is 114 Å². The van der Waals surface area contributed by atoms with Crippen LogP contribution in [-0.2, 0) is 10.0 Å². The highest BCUT2D eigenvalue weighted by atomic mass is 32.2. The lowest BCUT2D eigenvalue weighted by Gasteiger charge is -2.31. The molecular formula is C19H26N4O5S. The van der Waals surface area contributed by atoms with E-state index in [1.54, 1.807) is 32.0 Å². The monoisotopic (exact) mass is 422 g/mol. The van der Waals surface area contributed by atoms with E-state index < -0.39 is 10.0 Å². The fourth-order valence-corrected chi connectivity index (χ4v) is 5.34. The standard InChI is InChI=1S/C19H26N4O5S/c1-12-18(13(2)22-21-12)29(25,26)23-9-7-15(8-10-23)20-19(24)14-5-6-16(27-3)17(11-14)28-4/h5-6,11,15H,7-10H2,1-4H3,(H,20,24)(H,21,22). The summed E-state index contributed by atoms with van der Waals surface area (Å²) in [5, 5.41) is 9.68. The molecule has 1 aliphatic rings. The maximum atomic E-state index is 12.9. The van der Waals surface area contributed by atoms with Crippen LogP contribution in [-0.4, -0.2) is 62.2 Å². The van der Waals surface area contributed by atoms with Crippen LogP contribution < -0.4 is 14.8 Å². The van der Waals surface area contributed by atoms with E-state index in [0.717, 1.165) is 0 Å². The Labute approximate surface area is 170 Å². The zero-order valence-electron chi connectivity index (χ0n) is 17.0.